The smallest absolute Gasteiger partial charge is 0.123 e. The zero-order valence-corrected chi connectivity index (χ0v) is 13.4. The van der Waals surface area contributed by atoms with Crippen molar-refractivity contribution in [2.45, 2.75) is 11.8 Å². The molecule has 2 N–H and O–H groups in total. The number of rotatable bonds is 6. The normalized spacial score (nSPS) is 13.7. The Kier molecular flexibility index (Phi) is 5.79. The molecule has 0 aliphatic carbocycles. The van der Waals surface area contributed by atoms with Crippen molar-refractivity contribution in [3.8, 4) is 5.75 Å². The van der Waals surface area contributed by atoms with Crippen LogP contribution in [0.15, 0.2) is 48.5 Å². The summed E-state index contributed by atoms with van der Waals surface area (Å²) in [5.41, 5.74) is 8.03. The Morgan fingerprint density at radius 1 is 1.19 bits per heavy atom. The zero-order valence-electron chi connectivity index (χ0n) is 11.8. The van der Waals surface area contributed by atoms with Crippen molar-refractivity contribution in [2.24, 2.45) is 5.73 Å². The molecule has 21 heavy (non-hydrogen) atoms. The Bertz CT molecular complexity index is 616. The molecule has 112 valence electrons. The Morgan fingerprint density at radius 2 is 1.86 bits per heavy atom. The molecule has 2 aromatic rings. The molecule has 2 atom stereocenters. The summed E-state index contributed by atoms with van der Waals surface area (Å²) in [6, 6.07) is 14.6. The van der Waals surface area contributed by atoms with Crippen LogP contribution in [0, 0.1) is 0 Å². The molecule has 0 fully saturated rings. The molecule has 0 aromatic heterocycles. The van der Waals surface area contributed by atoms with Crippen molar-refractivity contribution in [2.75, 3.05) is 12.9 Å². The molecular formula is C16H18ClNO2S. The Labute approximate surface area is 132 Å². The fourth-order valence-electron chi connectivity index (χ4n) is 2.09. The van der Waals surface area contributed by atoms with Gasteiger partial charge in [-0.3, -0.25) is 4.21 Å². The van der Waals surface area contributed by atoms with Crippen LogP contribution in [-0.4, -0.2) is 17.1 Å². The summed E-state index contributed by atoms with van der Waals surface area (Å²) in [4.78, 5) is 0. The summed E-state index contributed by atoms with van der Waals surface area (Å²) < 4.78 is 17.5. The highest BCUT2D eigenvalue weighted by Crippen LogP contribution is 2.24. The third-order valence-electron chi connectivity index (χ3n) is 3.14. The summed E-state index contributed by atoms with van der Waals surface area (Å²) in [5, 5.41) is 0.676. The minimum Gasteiger partial charge on any atom is -0.496 e. The number of hydrogen-bond donors (Lipinski definition) is 1. The van der Waals surface area contributed by atoms with Gasteiger partial charge in [0.25, 0.3) is 0 Å². The van der Waals surface area contributed by atoms with Gasteiger partial charge >= 0.3 is 0 Å². The van der Waals surface area contributed by atoms with E-state index in [2.05, 4.69) is 0 Å². The first-order chi connectivity index (χ1) is 10.1. The van der Waals surface area contributed by atoms with Gasteiger partial charge in [-0.2, -0.15) is 0 Å². The van der Waals surface area contributed by atoms with Crippen LogP contribution in [-0.2, 0) is 16.6 Å². The molecule has 0 heterocycles. The van der Waals surface area contributed by atoms with Crippen LogP contribution < -0.4 is 10.5 Å². The van der Waals surface area contributed by atoms with E-state index in [1.54, 1.807) is 19.2 Å². The highest BCUT2D eigenvalue weighted by atomic mass is 35.5. The maximum Gasteiger partial charge on any atom is 0.123 e. The number of para-hydroxylation sites is 1. The van der Waals surface area contributed by atoms with Gasteiger partial charge in [0.2, 0.25) is 0 Å². The summed E-state index contributed by atoms with van der Waals surface area (Å²) in [7, 11) is 0.565. The van der Waals surface area contributed by atoms with E-state index in [1.165, 1.54) is 0 Å². The average molecular weight is 324 g/mol. The van der Waals surface area contributed by atoms with E-state index >= 15 is 0 Å². The fraction of sp³-hybridized carbons (Fsp3) is 0.250. The molecular weight excluding hydrogens is 306 g/mol. The fourth-order valence-corrected chi connectivity index (χ4v) is 3.48. The Hall–Kier alpha value is -1.36. The van der Waals surface area contributed by atoms with Crippen molar-refractivity contribution in [3.05, 3.63) is 64.7 Å². The molecule has 3 nitrogen and oxygen atoms in total. The summed E-state index contributed by atoms with van der Waals surface area (Å²) in [6.45, 7) is 0. The molecule has 0 saturated heterocycles. The van der Waals surface area contributed by atoms with Gasteiger partial charge in [0.05, 0.1) is 7.11 Å². The Balaban J connectivity index is 2.00. The molecule has 2 unspecified atom stereocenters. The third kappa shape index (κ3) is 4.56. The lowest BCUT2D eigenvalue weighted by Gasteiger charge is -2.15. The quantitative estimate of drug-likeness (QED) is 0.887. The van der Waals surface area contributed by atoms with Crippen LogP contribution in [0.1, 0.15) is 17.2 Å². The van der Waals surface area contributed by atoms with Crippen LogP contribution in [0.25, 0.3) is 0 Å². The number of benzene rings is 2. The van der Waals surface area contributed by atoms with Gasteiger partial charge in [0.15, 0.2) is 0 Å². The number of hydrogen-bond acceptors (Lipinski definition) is 3. The minimum atomic E-state index is -1.04. The van der Waals surface area contributed by atoms with Crippen molar-refractivity contribution >= 4 is 22.4 Å². The molecule has 2 aromatic carbocycles. The van der Waals surface area contributed by atoms with E-state index in [9.17, 15) is 4.21 Å². The van der Waals surface area contributed by atoms with Crippen LogP contribution >= 0.6 is 11.6 Å². The van der Waals surface area contributed by atoms with Gasteiger partial charge < -0.3 is 10.5 Å². The SMILES string of the molecule is COc1ccccc1C(N)CS(=O)Cc1ccc(Cl)cc1. The first-order valence-electron chi connectivity index (χ1n) is 6.58. The minimum absolute atomic E-state index is 0.311. The first kappa shape index (κ1) is 16.0. The van der Waals surface area contributed by atoms with Gasteiger partial charge in [0.1, 0.15) is 5.75 Å². The van der Waals surface area contributed by atoms with E-state index in [-0.39, 0.29) is 6.04 Å². The maximum atomic E-state index is 12.2. The highest BCUT2D eigenvalue weighted by Gasteiger charge is 2.14. The predicted octanol–water partition coefficient (Wildman–Crippen LogP) is 3.30. The summed E-state index contributed by atoms with van der Waals surface area (Å²) in [5.74, 6) is 1.59. The molecule has 0 aliphatic rings. The van der Waals surface area contributed by atoms with E-state index in [1.807, 2.05) is 36.4 Å². The largest absolute Gasteiger partial charge is 0.496 e. The lowest BCUT2D eigenvalue weighted by molar-refractivity contribution is 0.407. The lowest BCUT2D eigenvalue weighted by atomic mass is 10.1. The molecule has 0 bridgehead atoms. The second-order valence-corrected chi connectivity index (χ2v) is 6.66. The summed E-state index contributed by atoms with van der Waals surface area (Å²) in [6.07, 6.45) is 0. The third-order valence-corrected chi connectivity index (χ3v) is 4.78. The molecule has 0 radical (unpaired) electrons. The molecule has 0 spiro atoms. The second-order valence-electron chi connectivity index (χ2n) is 4.73. The molecule has 2 rings (SSSR count). The van der Waals surface area contributed by atoms with Crippen molar-refractivity contribution < 1.29 is 8.95 Å². The van der Waals surface area contributed by atoms with Crippen LogP contribution in [0.3, 0.4) is 0 Å². The molecule has 0 amide bonds. The van der Waals surface area contributed by atoms with Crippen LogP contribution in [0.5, 0.6) is 5.75 Å². The number of halogens is 1. The van der Waals surface area contributed by atoms with Crippen LogP contribution in [0.2, 0.25) is 5.02 Å². The van der Waals surface area contributed by atoms with E-state index in [0.717, 1.165) is 16.9 Å². The number of methoxy groups -OCH3 is 1. The van der Waals surface area contributed by atoms with Crippen LogP contribution in [0.4, 0.5) is 0 Å². The first-order valence-corrected chi connectivity index (χ1v) is 8.44. The molecule has 5 heteroatoms. The van der Waals surface area contributed by atoms with Gasteiger partial charge in [-0.15, -0.1) is 0 Å². The standard InChI is InChI=1S/C16H18ClNO2S/c1-20-16-5-3-2-4-14(16)15(18)11-21(19)10-12-6-8-13(17)9-7-12/h2-9,15H,10-11,18H2,1H3. The monoisotopic (exact) mass is 323 g/mol. The zero-order chi connectivity index (χ0) is 15.2. The van der Waals surface area contributed by atoms with E-state index in [0.29, 0.717) is 16.5 Å². The van der Waals surface area contributed by atoms with Gasteiger partial charge in [-0.25, -0.2) is 0 Å². The van der Waals surface area contributed by atoms with Gasteiger partial charge in [-0.05, 0) is 23.8 Å². The lowest BCUT2D eigenvalue weighted by Crippen LogP contribution is -2.19. The second kappa shape index (κ2) is 7.59. The predicted molar refractivity (Wildman–Crippen MR) is 88.1 cm³/mol. The topological polar surface area (TPSA) is 52.3 Å². The van der Waals surface area contributed by atoms with Crippen molar-refractivity contribution in [1.29, 1.82) is 0 Å². The maximum absolute atomic E-state index is 12.2. The highest BCUT2D eigenvalue weighted by molar-refractivity contribution is 7.84. The van der Waals surface area contributed by atoms with Gasteiger partial charge in [-0.1, -0.05) is 41.9 Å². The average Bonchev–Trinajstić information content (AvgIpc) is 2.49. The summed E-state index contributed by atoms with van der Waals surface area (Å²) >= 11 is 5.84. The number of nitrogens with two attached hydrogens (primary N) is 1. The Morgan fingerprint density at radius 3 is 2.52 bits per heavy atom. The molecule has 0 aliphatic heterocycles. The van der Waals surface area contributed by atoms with Crippen molar-refractivity contribution in [1.82, 2.24) is 0 Å². The van der Waals surface area contributed by atoms with E-state index < -0.39 is 10.8 Å². The van der Waals surface area contributed by atoms with Crippen molar-refractivity contribution in [3.63, 3.8) is 0 Å². The van der Waals surface area contributed by atoms with Gasteiger partial charge in [0, 0.05) is 38.9 Å². The number of ether oxygens (including phenoxy) is 1. The molecule has 0 saturated carbocycles. The van der Waals surface area contributed by atoms with E-state index in [4.69, 9.17) is 22.1 Å².